The lowest BCUT2D eigenvalue weighted by molar-refractivity contribution is -0.135. The van der Waals surface area contributed by atoms with E-state index in [9.17, 15) is 9.59 Å². The number of rotatable bonds is 7. The Balaban J connectivity index is 2.13. The summed E-state index contributed by atoms with van der Waals surface area (Å²) in [6, 6.07) is 7.87. The molecule has 0 bridgehead atoms. The number of hydrogen-bond donors (Lipinski definition) is 1. The van der Waals surface area contributed by atoms with Crippen molar-refractivity contribution in [1.82, 2.24) is 5.32 Å². The zero-order valence-electron chi connectivity index (χ0n) is 13.8. The minimum atomic E-state index is -0.826. The van der Waals surface area contributed by atoms with Crippen molar-refractivity contribution in [3.63, 3.8) is 0 Å². The lowest BCUT2D eigenvalue weighted by Crippen LogP contribution is -2.45. The molecule has 4 heteroatoms. The zero-order valence-corrected chi connectivity index (χ0v) is 13.8. The summed E-state index contributed by atoms with van der Waals surface area (Å²) in [5.74, 6) is -0.161. The molecule has 2 amide bonds. The van der Waals surface area contributed by atoms with Gasteiger partial charge in [-0.15, -0.1) is 0 Å². The van der Waals surface area contributed by atoms with E-state index in [2.05, 4.69) is 12.2 Å². The van der Waals surface area contributed by atoms with Crippen LogP contribution >= 0.6 is 0 Å². The van der Waals surface area contributed by atoms with Crippen LogP contribution in [0.2, 0.25) is 0 Å². The fourth-order valence-electron chi connectivity index (χ4n) is 2.71. The standard InChI is InChI=1S/C18H26N2O2/c1-4-6-12-19-16(21)18(10-11-18)17(22)20(5-2)15-9-7-8-14(3)13-15/h7-9,13H,4-6,10-12H2,1-3H3,(H,19,21). The number of anilines is 1. The van der Waals surface area contributed by atoms with Crippen molar-refractivity contribution in [1.29, 1.82) is 0 Å². The summed E-state index contributed by atoms with van der Waals surface area (Å²) in [6.07, 6.45) is 3.30. The predicted molar refractivity (Wildman–Crippen MR) is 88.8 cm³/mol. The first kappa shape index (κ1) is 16.5. The summed E-state index contributed by atoms with van der Waals surface area (Å²) in [7, 11) is 0. The smallest absolute Gasteiger partial charge is 0.242 e. The average Bonchev–Trinajstić information content (AvgIpc) is 3.30. The van der Waals surface area contributed by atoms with Gasteiger partial charge in [-0.3, -0.25) is 9.59 Å². The monoisotopic (exact) mass is 302 g/mol. The molecule has 1 N–H and O–H groups in total. The molecule has 0 heterocycles. The van der Waals surface area contributed by atoms with Crippen LogP contribution in [0.1, 0.15) is 45.1 Å². The number of nitrogens with one attached hydrogen (secondary N) is 1. The van der Waals surface area contributed by atoms with Crippen molar-refractivity contribution >= 4 is 17.5 Å². The molecule has 1 aromatic rings. The van der Waals surface area contributed by atoms with Gasteiger partial charge in [0.15, 0.2) is 0 Å². The van der Waals surface area contributed by atoms with Gasteiger partial charge >= 0.3 is 0 Å². The van der Waals surface area contributed by atoms with Gasteiger partial charge in [0, 0.05) is 18.8 Å². The molecule has 0 aliphatic heterocycles. The molecule has 4 nitrogen and oxygen atoms in total. The van der Waals surface area contributed by atoms with Gasteiger partial charge in [0.05, 0.1) is 0 Å². The minimum absolute atomic E-state index is 0.0606. The highest BCUT2D eigenvalue weighted by Gasteiger charge is 2.57. The van der Waals surface area contributed by atoms with E-state index in [0.717, 1.165) is 24.1 Å². The van der Waals surface area contributed by atoms with Crippen molar-refractivity contribution in [2.75, 3.05) is 18.0 Å². The van der Waals surface area contributed by atoms with Gasteiger partial charge in [-0.2, -0.15) is 0 Å². The maximum Gasteiger partial charge on any atom is 0.242 e. The number of carbonyl (C=O) groups excluding carboxylic acids is 2. The normalized spacial score (nSPS) is 15.2. The highest BCUT2D eigenvalue weighted by molar-refractivity contribution is 6.14. The number of carbonyl (C=O) groups is 2. The molecule has 120 valence electrons. The molecule has 1 aliphatic carbocycles. The molecule has 0 spiro atoms. The van der Waals surface area contributed by atoms with Crippen molar-refractivity contribution in [3.05, 3.63) is 29.8 Å². The second-order valence-electron chi connectivity index (χ2n) is 6.08. The first-order valence-electron chi connectivity index (χ1n) is 8.22. The minimum Gasteiger partial charge on any atom is -0.355 e. The van der Waals surface area contributed by atoms with Crippen LogP contribution in [0.5, 0.6) is 0 Å². The molecule has 1 aromatic carbocycles. The second-order valence-corrected chi connectivity index (χ2v) is 6.08. The third kappa shape index (κ3) is 3.32. The van der Waals surface area contributed by atoms with Crippen LogP contribution in [0.4, 0.5) is 5.69 Å². The van der Waals surface area contributed by atoms with E-state index in [1.165, 1.54) is 0 Å². The summed E-state index contributed by atoms with van der Waals surface area (Å²) >= 11 is 0. The number of benzene rings is 1. The van der Waals surface area contributed by atoms with E-state index < -0.39 is 5.41 Å². The Morgan fingerprint density at radius 1 is 1.27 bits per heavy atom. The highest BCUT2D eigenvalue weighted by Crippen LogP contribution is 2.48. The van der Waals surface area contributed by atoms with Crippen molar-refractivity contribution < 1.29 is 9.59 Å². The van der Waals surface area contributed by atoms with Gasteiger partial charge < -0.3 is 10.2 Å². The van der Waals surface area contributed by atoms with Gasteiger partial charge in [0.25, 0.3) is 0 Å². The lowest BCUT2D eigenvalue weighted by atomic mass is 10.0. The Morgan fingerprint density at radius 2 is 2.00 bits per heavy atom. The van der Waals surface area contributed by atoms with E-state index in [1.54, 1.807) is 4.90 Å². The second kappa shape index (κ2) is 6.95. The largest absolute Gasteiger partial charge is 0.355 e. The van der Waals surface area contributed by atoms with Gasteiger partial charge in [-0.05, 0) is 50.8 Å². The molecule has 1 aliphatic rings. The Bertz CT molecular complexity index is 550. The van der Waals surface area contributed by atoms with Crippen LogP contribution in [0.25, 0.3) is 0 Å². The number of aryl methyl sites for hydroxylation is 1. The molecule has 22 heavy (non-hydrogen) atoms. The van der Waals surface area contributed by atoms with Gasteiger partial charge in [0.1, 0.15) is 5.41 Å². The number of amides is 2. The lowest BCUT2D eigenvalue weighted by Gasteiger charge is -2.26. The maximum atomic E-state index is 12.9. The van der Waals surface area contributed by atoms with E-state index in [1.807, 2.05) is 38.1 Å². The van der Waals surface area contributed by atoms with Crippen LogP contribution in [-0.4, -0.2) is 24.9 Å². The molecule has 0 radical (unpaired) electrons. The summed E-state index contributed by atoms with van der Waals surface area (Å²) in [6.45, 7) is 7.27. The van der Waals surface area contributed by atoms with Crippen molar-refractivity contribution in [2.45, 2.75) is 46.5 Å². The SMILES string of the molecule is CCCCNC(=O)C1(C(=O)N(CC)c2cccc(C)c2)CC1. The van der Waals surface area contributed by atoms with Crippen molar-refractivity contribution in [3.8, 4) is 0 Å². The number of unbranched alkanes of at least 4 members (excludes halogenated alkanes) is 1. The molecule has 0 saturated heterocycles. The van der Waals surface area contributed by atoms with E-state index in [0.29, 0.717) is 25.9 Å². The van der Waals surface area contributed by atoms with Gasteiger partial charge in [-0.1, -0.05) is 25.5 Å². The fourth-order valence-corrected chi connectivity index (χ4v) is 2.71. The first-order valence-corrected chi connectivity index (χ1v) is 8.22. The number of hydrogen-bond acceptors (Lipinski definition) is 2. The average molecular weight is 302 g/mol. The van der Waals surface area contributed by atoms with E-state index in [-0.39, 0.29) is 11.8 Å². The summed E-state index contributed by atoms with van der Waals surface area (Å²) in [5, 5.41) is 2.92. The molecule has 1 fully saturated rings. The van der Waals surface area contributed by atoms with Crippen LogP contribution in [0.15, 0.2) is 24.3 Å². The van der Waals surface area contributed by atoms with Gasteiger partial charge in [0.2, 0.25) is 11.8 Å². The Kier molecular flexibility index (Phi) is 5.22. The van der Waals surface area contributed by atoms with Crippen LogP contribution in [0, 0.1) is 12.3 Å². The molecular formula is C18H26N2O2. The fraction of sp³-hybridized carbons (Fsp3) is 0.556. The summed E-state index contributed by atoms with van der Waals surface area (Å²) in [4.78, 5) is 27.0. The molecule has 2 rings (SSSR count). The Hall–Kier alpha value is -1.84. The molecule has 0 aromatic heterocycles. The third-order valence-electron chi connectivity index (χ3n) is 4.28. The van der Waals surface area contributed by atoms with Crippen LogP contribution in [-0.2, 0) is 9.59 Å². The first-order chi connectivity index (χ1) is 10.5. The van der Waals surface area contributed by atoms with Crippen LogP contribution in [0.3, 0.4) is 0 Å². The molecular weight excluding hydrogens is 276 g/mol. The summed E-state index contributed by atoms with van der Waals surface area (Å²) in [5.41, 5.74) is 1.16. The number of nitrogens with zero attached hydrogens (tertiary/aromatic N) is 1. The predicted octanol–water partition coefficient (Wildman–Crippen LogP) is 3.04. The van der Waals surface area contributed by atoms with Gasteiger partial charge in [-0.25, -0.2) is 0 Å². The van der Waals surface area contributed by atoms with E-state index in [4.69, 9.17) is 0 Å². The van der Waals surface area contributed by atoms with Crippen LogP contribution < -0.4 is 10.2 Å². The topological polar surface area (TPSA) is 49.4 Å². The molecule has 0 unspecified atom stereocenters. The Morgan fingerprint density at radius 3 is 2.55 bits per heavy atom. The quantitative estimate of drug-likeness (QED) is 0.621. The third-order valence-corrected chi connectivity index (χ3v) is 4.28. The Labute approximate surface area is 132 Å². The maximum absolute atomic E-state index is 12.9. The highest BCUT2D eigenvalue weighted by atomic mass is 16.2. The summed E-state index contributed by atoms with van der Waals surface area (Å²) < 4.78 is 0. The molecule has 1 saturated carbocycles. The van der Waals surface area contributed by atoms with E-state index >= 15 is 0 Å². The molecule has 0 atom stereocenters. The zero-order chi connectivity index (χ0) is 16.2. The van der Waals surface area contributed by atoms with Crippen molar-refractivity contribution in [2.24, 2.45) is 5.41 Å².